The molecule has 1 amide bonds. The second-order valence-corrected chi connectivity index (χ2v) is 10.2. The lowest BCUT2D eigenvalue weighted by molar-refractivity contribution is -0.121. The van der Waals surface area contributed by atoms with Gasteiger partial charge in [0, 0.05) is 31.0 Å². The van der Waals surface area contributed by atoms with E-state index in [4.69, 9.17) is 21.3 Å². The molecular weight excluding hydrogens is 494 g/mol. The molecule has 0 atom stereocenters. The molecule has 0 saturated heterocycles. The standard InChI is InChI=1S/C32H38ClN3O2/c1-25-24-27(18-19-28(25)33)38-23-11-10-22-36-30-15-8-7-14-29(30)35-31(36)16-6-3-9-21-34-32(37)20-17-26-12-4-2-5-13-26/h2,4-5,7-8,12-15,18-19,24H,3,6,9-11,16-17,20-23H2,1H3,(H,34,37). The molecule has 0 aliphatic carbocycles. The summed E-state index contributed by atoms with van der Waals surface area (Å²) in [4.78, 5) is 17.1. The maximum absolute atomic E-state index is 12.1. The predicted octanol–water partition coefficient (Wildman–Crippen LogP) is 7.32. The van der Waals surface area contributed by atoms with Crippen LogP contribution in [0.1, 0.15) is 55.5 Å². The largest absolute Gasteiger partial charge is 0.494 e. The third-order valence-corrected chi connectivity index (χ3v) is 7.21. The van der Waals surface area contributed by atoms with Crippen molar-refractivity contribution in [2.45, 2.75) is 64.8 Å². The van der Waals surface area contributed by atoms with Crippen molar-refractivity contribution in [3.63, 3.8) is 0 Å². The lowest BCUT2D eigenvalue weighted by atomic mass is 10.1. The average molecular weight is 532 g/mol. The van der Waals surface area contributed by atoms with E-state index in [1.54, 1.807) is 0 Å². The summed E-state index contributed by atoms with van der Waals surface area (Å²) in [6.07, 6.45) is 7.37. The van der Waals surface area contributed by atoms with E-state index in [0.717, 1.165) is 85.7 Å². The van der Waals surface area contributed by atoms with Gasteiger partial charge in [0.05, 0.1) is 17.6 Å². The number of unbranched alkanes of at least 4 members (excludes halogenated alkanes) is 3. The number of aryl methyl sites for hydroxylation is 4. The predicted molar refractivity (Wildman–Crippen MR) is 156 cm³/mol. The van der Waals surface area contributed by atoms with Crippen LogP contribution in [-0.4, -0.2) is 28.6 Å². The lowest BCUT2D eigenvalue weighted by Gasteiger charge is -2.11. The van der Waals surface area contributed by atoms with E-state index in [1.165, 1.54) is 11.1 Å². The Morgan fingerprint density at radius 1 is 0.921 bits per heavy atom. The van der Waals surface area contributed by atoms with Crippen LogP contribution in [0.25, 0.3) is 11.0 Å². The van der Waals surface area contributed by atoms with Crippen molar-refractivity contribution in [1.29, 1.82) is 0 Å². The number of carbonyl (C=O) groups is 1. The first-order valence-electron chi connectivity index (χ1n) is 13.7. The third kappa shape index (κ3) is 8.35. The van der Waals surface area contributed by atoms with Gasteiger partial charge < -0.3 is 14.6 Å². The number of hydrogen-bond acceptors (Lipinski definition) is 3. The van der Waals surface area contributed by atoms with Crippen molar-refractivity contribution < 1.29 is 9.53 Å². The van der Waals surface area contributed by atoms with Crippen LogP contribution in [0.5, 0.6) is 5.75 Å². The zero-order valence-electron chi connectivity index (χ0n) is 22.3. The van der Waals surface area contributed by atoms with Gasteiger partial charge in [0.15, 0.2) is 0 Å². The number of carbonyl (C=O) groups excluding carboxylic acids is 1. The molecule has 0 bridgehead atoms. The van der Waals surface area contributed by atoms with Crippen molar-refractivity contribution >= 4 is 28.5 Å². The van der Waals surface area contributed by atoms with Crippen LogP contribution in [0, 0.1) is 6.92 Å². The van der Waals surface area contributed by atoms with Crippen molar-refractivity contribution in [3.05, 3.63) is 94.8 Å². The van der Waals surface area contributed by atoms with Gasteiger partial charge in [0.2, 0.25) is 5.91 Å². The number of halogens is 1. The highest BCUT2D eigenvalue weighted by Crippen LogP contribution is 2.22. The van der Waals surface area contributed by atoms with E-state index < -0.39 is 0 Å². The fraction of sp³-hybridized carbons (Fsp3) is 0.375. The zero-order chi connectivity index (χ0) is 26.6. The SMILES string of the molecule is Cc1cc(OCCCCn2c(CCCCCNC(=O)CCc3ccccc3)nc3ccccc32)ccc1Cl. The number of nitrogens with one attached hydrogen (secondary N) is 1. The van der Waals surface area contributed by atoms with Crippen molar-refractivity contribution in [1.82, 2.24) is 14.9 Å². The molecule has 0 aliphatic rings. The molecule has 3 aromatic carbocycles. The molecule has 4 aromatic rings. The van der Waals surface area contributed by atoms with E-state index >= 15 is 0 Å². The molecule has 38 heavy (non-hydrogen) atoms. The van der Waals surface area contributed by atoms with Crippen LogP contribution in [0.4, 0.5) is 0 Å². The zero-order valence-corrected chi connectivity index (χ0v) is 23.1. The molecule has 0 spiro atoms. The van der Waals surface area contributed by atoms with Gasteiger partial charge in [-0.15, -0.1) is 0 Å². The molecule has 5 nitrogen and oxygen atoms in total. The maximum Gasteiger partial charge on any atom is 0.220 e. The van der Waals surface area contributed by atoms with Crippen molar-refractivity contribution in [2.24, 2.45) is 0 Å². The molecule has 0 aliphatic heterocycles. The highest BCUT2D eigenvalue weighted by Gasteiger charge is 2.10. The molecule has 0 unspecified atom stereocenters. The molecule has 0 fully saturated rings. The monoisotopic (exact) mass is 531 g/mol. The Bertz CT molecular complexity index is 1300. The first kappa shape index (κ1) is 27.7. The Morgan fingerprint density at radius 2 is 1.74 bits per heavy atom. The number of imidazole rings is 1. The summed E-state index contributed by atoms with van der Waals surface area (Å²) in [5, 5.41) is 3.83. The number of ether oxygens (including phenoxy) is 1. The minimum atomic E-state index is 0.130. The summed E-state index contributed by atoms with van der Waals surface area (Å²) >= 11 is 6.11. The number of fused-ring (bicyclic) bond motifs is 1. The number of aromatic nitrogens is 2. The Morgan fingerprint density at radius 3 is 2.58 bits per heavy atom. The number of hydrogen-bond donors (Lipinski definition) is 1. The Kier molecular flexibility index (Phi) is 10.6. The molecule has 0 radical (unpaired) electrons. The lowest BCUT2D eigenvalue weighted by Crippen LogP contribution is -2.24. The van der Waals surface area contributed by atoms with Gasteiger partial charge in [-0.25, -0.2) is 4.98 Å². The third-order valence-electron chi connectivity index (χ3n) is 6.79. The number of amides is 1. The van der Waals surface area contributed by atoms with Gasteiger partial charge in [-0.2, -0.15) is 0 Å². The van der Waals surface area contributed by atoms with E-state index in [-0.39, 0.29) is 5.91 Å². The van der Waals surface area contributed by atoms with Crippen LogP contribution in [0.3, 0.4) is 0 Å². The van der Waals surface area contributed by atoms with E-state index in [2.05, 4.69) is 40.2 Å². The molecule has 4 rings (SSSR count). The van der Waals surface area contributed by atoms with Crippen LogP contribution in [-0.2, 0) is 24.2 Å². The summed E-state index contributed by atoms with van der Waals surface area (Å²) < 4.78 is 8.29. The first-order chi connectivity index (χ1) is 18.6. The van der Waals surface area contributed by atoms with Gasteiger partial charge in [-0.1, -0.05) is 60.5 Å². The summed E-state index contributed by atoms with van der Waals surface area (Å²) in [6.45, 7) is 4.33. The number of benzene rings is 3. The smallest absolute Gasteiger partial charge is 0.220 e. The molecule has 6 heteroatoms. The van der Waals surface area contributed by atoms with Gasteiger partial charge in [-0.05, 0) is 80.5 Å². The quantitative estimate of drug-likeness (QED) is 0.163. The van der Waals surface area contributed by atoms with Gasteiger partial charge in [0.1, 0.15) is 11.6 Å². The Balaban J connectivity index is 1.17. The van der Waals surface area contributed by atoms with E-state index in [0.29, 0.717) is 13.0 Å². The highest BCUT2D eigenvalue weighted by molar-refractivity contribution is 6.31. The fourth-order valence-electron chi connectivity index (χ4n) is 4.64. The van der Waals surface area contributed by atoms with Crippen LogP contribution in [0.15, 0.2) is 72.8 Å². The van der Waals surface area contributed by atoms with Crippen molar-refractivity contribution in [3.8, 4) is 5.75 Å². The second kappa shape index (κ2) is 14.6. The Labute approximate surface area is 231 Å². The molecule has 1 aromatic heterocycles. The van der Waals surface area contributed by atoms with E-state index in [9.17, 15) is 4.79 Å². The second-order valence-electron chi connectivity index (χ2n) is 9.78. The molecule has 1 N–H and O–H groups in total. The minimum Gasteiger partial charge on any atom is -0.494 e. The van der Waals surface area contributed by atoms with Gasteiger partial charge >= 0.3 is 0 Å². The maximum atomic E-state index is 12.1. The fourth-order valence-corrected chi connectivity index (χ4v) is 4.76. The van der Waals surface area contributed by atoms with Crippen LogP contribution >= 0.6 is 11.6 Å². The first-order valence-corrected chi connectivity index (χ1v) is 14.1. The van der Waals surface area contributed by atoms with Crippen molar-refractivity contribution in [2.75, 3.05) is 13.2 Å². The summed E-state index contributed by atoms with van der Waals surface area (Å²) in [6, 6.07) is 24.3. The summed E-state index contributed by atoms with van der Waals surface area (Å²) in [5.41, 5.74) is 4.49. The topological polar surface area (TPSA) is 56.1 Å². The number of nitrogens with zero attached hydrogens (tertiary/aromatic N) is 2. The number of rotatable bonds is 15. The number of para-hydroxylation sites is 2. The molecular formula is C32H38ClN3O2. The molecule has 200 valence electrons. The Hall–Kier alpha value is -3.31. The molecule has 1 heterocycles. The molecule has 0 saturated carbocycles. The average Bonchev–Trinajstić information content (AvgIpc) is 3.29. The summed E-state index contributed by atoms with van der Waals surface area (Å²) in [5.74, 6) is 2.14. The van der Waals surface area contributed by atoms with Crippen LogP contribution in [0.2, 0.25) is 5.02 Å². The normalized spacial score (nSPS) is 11.1. The van der Waals surface area contributed by atoms with Gasteiger partial charge in [0.25, 0.3) is 0 Å². The summed E-state index contributed by atoms with van der Waals surface area (Å²) in [7, 11) is 0. The van der Waals surface area contributed by atoms with Crippen LogP contribution < -0.4 is 10.1 Å². The van der Waals surface area contributed by atoms with Gasteiger partial charge in [-0.3, -0.25) is 4.79 Å². The highest BCUT2D eigenvalue weighted by atomic mass is 35.5. The minimum absolute atomic E-state index is 0.130. The van der Waals surface area contributed by atoms with E-state index in [1.807, 2.05) is 49.4 Å².